The molecule has 0 amide bonds. The van der Waals surface area contributed by atoms with Gasteiger partial charge in [0.25, 0.3) is 0 Å². The van der Waals surface area contributed by atoms with Crippen LogP contribution in [0.3, 0.4) is 0 Å². The molecular formula is C16H25BrN2O. The van der Waals surface area contributed by atoms with Crippen molar-refractivity contribution >= 4 is 15.9 Å². The number of hydrogen-bond donors (Lipinski definition) is 1. The van der Waals surface area contributed by atoms with Crippen molar-refractivity contribution in [3.63, 3.8) is 0 Å². The first-order valence-corrected chi connectivity index (χ1v) is 8.25. The Hall–Kier alpha value is -0.580. The lowest BCUT2D eigenvalue weighted by Crippen LogP contribution is -2.40. The SMILES string of the molecule is CNCCC1CCCCN1Cc1ccc(OC)c(Br)c1. The Labute approximate surface area is 130 Å². The summed E-state index contributed by atoms with van der Waals surface area (Å²) < 4.78 is 6.34. The maximum atomic E-state index is 5.30. The van der Waals surface area contributed by atoms with Crippen LogP contribution in [-0.2, 0) is 6.54 Å². The lowest BCUT2D eigenvalue weighted by molar-refractivity contribution is 0.132. The van der Waals surface area contributed by atoms with Gasteiger partial charge < -0.3 is 10.1 Å². The van der Waals surface area contributed by atoms with Gasteiger partial charge in [0.1, 0.15) is 5.75 Å². The van der Waals surface area contributed by atoms with Crippen LogP contribution < -0.4 is 10.1 Å². The van der Waals surface area contributed by atoms with E-state index >= 15 is 0 Å². The average molecular weight is 341 g/mol. The van der Waals surface area contributed by atoms with Crippen molar-refractivity contribution in [3.8, 4) is 5.75 Å². The summed E-state index contributed by atoms with van der Waals surface area (Å²) in [7, 11) is 3.74. The highest BCUT2D eigenvalue weighted by atomic mass is 79.9. The Morgan fingerprint density at radius 2 is 2.25 bits per heavy atom. The van der Waals surface area contributed by atoms with Gasteiger partial charge in [-0.1, -0.05) is 12.5 Å². The van der Waals surface area contributed by atoms with E-state index in [1.807, 2.05) is 13.1 Å². The number of nitrogens with one attached hydrogen (secondary N) is 1. The summed E-state index contributed by atoms with van der Waals surface area (Å²) in [4.78, 5) is 2.63. The van der Waals surface area contributed by atoms with Crippen LogP contribution in [0.4, 0.5) is 0 Å². The Morgan fingerprint density at radius 1 is 1.40 bits per heavy atom. The molecule has 0 saturated carbocycles. The lowest BCUT2D eigenvalue weighted by Gasteiger charge is -2.36. The molecule has 1 fully saturated rings. The van der Waals surface area contributed by atoms with Crippen molar-refractivity contribution in [2.75, 3.05) is 27.2 Å². The van der Waals surface area contributed by atoms with Gasteiger partial charge in [-0.3, -0.25) is 4.90 Å². The van der Waals surface area contributed by atoms with E-state index < -0.39 is 0 Å². The van der Waals surface area contributed by atoms with E-state index in [2.05, 4.69) is 38.3 Å². The molecule has 1 aromatic carbocycles. The van der Waals surface area contributed by atoms with Crippen molar-refractivity contribution < 1.29 is 4.74 Å². The summed E-state index contributed by atoms with van der Waals surface area (Å²) in [6.07, 6.45) is 5.28. The van der Waals surface area contributed by atoms with Gasteiger partial charge >= 0.3 is 0 Å². The van der Waals surface area contributed by atoms with E-state index in [4.69, 9.17) is 4.74 Å². The number of ether oxygens (including phenoxy) is 1. The topological polar surface area (TPSA) is 24.5 Å². The fraction of sp³-hybridized carbons (Fsp3) is 0.625. The van der Waals surface area contributed by atoms with E-state index in [-0.39, 0.29) is 0 Å². The maximum absolute atomic E-state index is 5.30. The molecule has 1 aromatic rings. The Kier molecular flexibility index (Phi) is 6.33. The zero-order chi connectivity index (χ0) is 14.4. The maximum Gasteiger partial charge on any atom is 0.133 e. The van der Waals surface area contributed by atoms with Crippen LogP contribution in [0.2, 0.25) is 0 Å². The van der Waals surface area contributed by atoms with Gasteiger partial charge in [0.05, 0.1) is 11.6 Å². The first-order valence-electron chi connectivity index (χ1n) is 7.45. The molecule has 2 rings (SSSR count). The van der Waals surface area contributed by atoms with Gasteiger partial charge in [0.2, 0.25) is 0 Å². The largest absolute Gasteiger partial charge is 0.496 e. The van der Waals surface area contributed by atoms with Crippen LogP contribution in [0.5, 0.6) is 5.75 Å². The van der Waals surface area contributed by atoms with Gasteiger partial charge in [-0.2, -0.15) is 0 Å². The quantitative estimate of drug-likeness (QED) is 0.858. The number of hydrogen-bond acceptors (Lipinski definition) is 3. The highest BCUT2D eigenvalue weighted by Gasteiger charge is 2.22. The molecule has 0 aliphatic carbocycles. The minimum absolute atomic E-state index is 0.720. The number of likely N-dealkylation sites (tertiary alicyclic amines) is 1. The standard InChI is InChI=1S/C16H25BrN2O/c1-18-9-8-14-5-3-4-10-19(14)12-13-6-7-16(20-2)15(17)11-13/h6-7,11,14,18H,3-5,8-10,12H2,1-2H3. The van der Waals surface area contributed by atoms with E-state index in [1.54, 1.807) is 7.11 Å². The van der Waals surface area contributed by atoms with E-state index in [0.717, 1.165) is 29.4 Å². The molecule has 1 aliphatic heterocycles. The Morgan fingerprint density at radius 3 is 2.95 bits per heavy atom. The number of halogens is 1. The first-order chi connectivity index (χ1) is 9.74. The summed E-state index contributed by atoms with van der Waals surface area (Å²) in [5.74, 6) is 0.902. The van der Waals surface area contributed by atoms with E-state index in [9.17, 15) is 0 Å². The summed E-state index contributed by atoms with van der Waals surface area (Å²) in [5.41, 5.74) is 1.36. The highest BCUT2D eigenvalue weighted by Crippen LogP contribution is 2.28. The molecule has 20 heavy (non-hydrogen) atoms. The minimum atomic E-state index is 0.720. The van der Waals surface area contributed by atoms with Crippen molar-refractivity contribution in [2.45, 2.75) is 38.3 Å². The molecule has 4 heteroatoms. The molecule has 1 heterocycles. The summed E-state index contributed by atoms with van der Waals surface area (Å²) >= 11 is 3.58. The third-order valence-corrected chi connectivity index (χ3v) is 4.70. The first kappa shape index (κ1) is 15.8. The van der Waals surface area contributed by atoms with Gasteiger partial charge in [-0.05, 0) is 73.0 Å². The van der Waals surface area contributed by atoms with E-state index in [0.29, 0.717) is 0 Å². The van der Waals surface area contributed by atoms with Crippen molar-refractivity contribution in [1.29, 1.82) is 0 Å². The normalized spacial score (nSPS) is 20.1. The molecule has 1 saturated heterocycles. The fourth-order valence-corrected chi connectivity index (χ4v) is 3.54. The van der Waals surface area contributed by atoms with Crippen molar-refractivity contribution in [1.82, 2.24) is 10.2 Å². The van der Waals surface area contributed by atoms with Gasteiger partial charge in [-0.25, -0.2) is 0 Å². The van der Waals surface area contributed by atoms with Crippen LogP contribution in [0.15, 0.2) is 22.7 Å². The molecule has 1 atom stereocenters. The lowest BCUT2D eigenvalue weighted by atomic mass is 9.98. The van der Waals surface area contributed by atoms with Gasteiger partial charge in [0, 0.05) is 12.6 Å². The summed E-state index contributed by atoms with van der Waals surface area (Å²) in [5, 5.41) is 3.27. The second-order valence-corrected chi connectivity index (χ2v) is 6.34. The molecule has 1 N–H and O–H groups in total. The second kappa shape index (κ2) is 8.01. The third-order valence-electron chi connectivity index (χ3n) is 4.08. The summed E-state index contributed by atoms with van der Waals surface area (Å²) in [6.45, 7) is 3.36. The number of nitrogens with zero attached hydrogens (tertiary/aromatic N) is 1. The molecule has 112 valence electrons. The van der Waals surface area contributed by atoms with Crippen LogP contribution >= 0.6 is 15.9 Å². The number of methoxy groups -OCH3 is 1. The van der Waals surface area contributed by atoms with Gasteiger partial charge in [-0.15, -0.1) is 0 Å². The monoisotopic (exact) mass is 340 g/mol. The summed E-state index contributed by atoms with van der Waals surface area (Å²) in [6, 6.07) is 7.12. The number of piperidine rings is 1. The molecule has 0 aromatic heterocycles. The van der Waals surface area contributed by atoms with Crippen LogP contribution in [0.25, 0.3) is 0 Å². The predicted octanol–water partition coefficient (Wildman–Crippen LogP) is 3.42. The highest BCUT2D eigenvalue weighted by molar-refractivity contribution is 9.10. The molecule has 1 aliphatic rings. The second-order valence-electron chi connectivity index (χ2n) is 5.48. The Balaban J connectivity index is 2.00. The zero-order valence-corrected chi connectivity index (χ0v) is 14.1. The molecule has 0 spiro atoms. The van der Waals surface area contributed by atoms with Crippen LogP contribution in [0.1, 0.15) is 31.2 Å². The number of rotatable bonds is 6. The molecule has 1 unspecified atom stereocenters. The van der Waals surface area contributed by atoms with Crippen molar-refractivity contribution in [2.24, 2.45) is 0 Å². The fourth-order valence-electron chi connectivity index (χ4n) is 2.95. The molecule has 0 radical (unpaired) electrons. The molecule has 0 bridgehead atoms. The average Bonchev–Trinajstić information content (AvgIpc) is 2.46. The van der Waals surface area contributed by atoms with Gasteiger partial charge in [0.15, 0.2) is 0 Å². The Bertz CT molecular complexity index is 425. The zero-order valence-electron chi connectivity index (χ0n) is 12.5. The van der Waals surface area contributed by atoms with Crippen LogP contribution in [-0.4, -0.2) is 38.2 Å². The van der Waals surface area contributed by atoms with Crippen LogP contribution in [0, 0.1) is 0 Å². The number of benzene rings is 1. The predicted molar refractivity (Wildman–Crippen MR) is 87.3 cm³/mol. The third kappa shape index (κ3) is 4.21. The van der Waals surface area contributed by atoms with E-state index in [1.165, 1.54) is 37.8 Å². The molecule has 3 nitrogen and oxygen atoms in total. The van der Waals surface area contributed by atoms with Crippen molar-refractivity contribution in [3.05, 3.63) is 28.2 Å². The smallest absolute Gasteiger partial charge is 0.133 e. The molecular weight excluding hydrogens is 316 g/mol. The minimum Gasteiger partial charge on any atom is -0.496 e.